The Bertz CT molecular complexity index is 971. The smallest absolute Gasteiger partial charge is 0.146 e. The molecule has 0 bridgehead atoms. The van der Waals surface area contributed by atoms with Crippen molar-refractivity contribution in [2.75, 3.05) is 7.11 Å². The second-order valence-electron chi connectivity index (χ2n) is 5.33. The summed E-state index contributed by atoms with van der Waals surface area (Å²) in [5.41, 5.74) is 6.36. The number of methoxy groups -OCH3 is 1. The lowest BCUT2D eigenvalue weighted by molar-refractivity contribution is 0.420. The maximum Gasteiger partial charge on any atom is 0.146 e. The predicted molar refractivity (Wildman–Crippen MR) is 89.4 cm³/mol. The van der Waals surface area contributed by atoms with Gasteiger partial charge in [-0.15, -0.1) is 0 Å². The summed E-state index contributed by atoms with van der Waals surface area (Å²) < 4.78 is 7.84. The van der Waals surface area contributed by atoms with Crippen LogP contribution in [0.5, 0.6) is 5.75 Å². The Balaban J connectivity index is 2.22. The lowest BCUT2D eigenvalue weighted by atomic mass is 10.1. The maximum absolute atomic E-state index is 5.60. The number of aryl methyl sites for hydroxylation is 1. The summed E-state index contributed by atoms with van der Waals surface area (Å²) in [6.45, 7) is 2.03. The van der Waals surface area contributed by atoms with Gasteiger partial charge in [0.25, 0.3) is 0 Å². The second-order valence-corrected chi connectivity index (χ2v) is 5.33. The van der Waals surface area contributed by atoms with E-state index in [2.05, 4.69) is 40.8 Å². The zero-order chi connectivity index (χ0) is 15.1. The first-order valence-electron chi connectivity index (χ1n) is 7.30. The Kier molecular flexibility index (Phi) is 2.86. The van der Waals surface area contributed by atoms with Crippen molar-refractivity contribution >= 4 is 16.6 Å². The van der Waals surface area contributed by atoms with Crippen LogP contribution < -0.4 is 4.74 Å². The molecule has 0 spiro atoms. The first-order chi connectivity index (χ1) is 10.8. The Morgan fingerprint density at radius 3 is 2.45 bits per heavy atom. The Hall–Kier alpha value is -2.81. The van der Waals surface area contributed by atoms with Gasteiger partial charge in [-0.25, -0.2) is 4.98 Å². The zero-order valence-corrected chi connectivity index (χ0v) is 12.6. The molecule has 4 aromatic rings. The van der Waals surface area contributed by atoms with E-state index < -0.39 is 0 Å². The summed E-state index contributed by atoms with van der Waals surface area (Å²) in [5, 5.41) is 0. The van der Waals surface area contributed by atoms with E-state index in [1.165, 1.54) is 0 Å². The van der Waals surface area contributed by atoms with Gasteiger partial charge in [0.2, 0.25) is 0 Å². The Labute approximate surface area is 128 Å². The fourth-order valence-electron chi connectivity index (χ4n) is 3.04. The topological polar surface area (TPSA) is 26.5 Å². The number of para-hydroxylation sites is 2. The Morgan fingerprint density at radius 1 is 0.955 bits per heavy atom. The molecule has 0 unspecified atom stereocenters. The molecule has 0 N–H and O–H groups in total. The van der Waals surface area contributed by atoms with E-state index in [0.29, 0.717) is 0 Å². The third kappa shape index (κ3) is 1.79. The van der Waals surface area contributed by atoms with Gasteiger partial charge in [0.1, 0.15) is 11.3 Å². The molecule has 0 fully saturated rings. The van der Waals surface area contributed by atoms with Gasteiger partial charge in [-0.1, -0.05) is 42.5 Å². The molecule has 3 nitrogen and oxygen atoms in total. The van der Waals surface area contributed by atoms with Crippen LogP contribution >= 0.6 is 0 Å². The van der Waals surface area contributed by atoms with Gasteiger partial charge in [-0.2, -0.15) is 0 Å². The minimum absolute atomic E-state index is 0.856. The molecule has 0 atom stereocenters. The summed E-state index contributed by atoms with van der Waals surface area (Å²) in [7, 11) is 1.71. The SMILES string of the molecule is COc1cc(-c2ccccc2)n2c1c(C)nc1ccccc12. The number of hydrogen-bond donors (Lipinski definition) is 0. The van der Waals surface area contributed by atoms with Gasteiger partial charge in [-0.3, -0.25) is 0 Å². The number of aromatic nitrogens is 2. The third-order valence-electron chi connectivity index (χ3n) is 4.01. The predicted octanol–water partition coefficient (Wildman–Crippen LogP) is 4.47. The highest BCUT2D eigenvalue weighted by atomic mass is 16.5. The normalized spacial score (nSPS) is 11.2. The van der Waals surface area contributed by atoms with Crippen molar-refractivity contribution in [3.63, 3.8) is 0 Å². The fourth-order valence-corrected chi connectivity index (χ4v) is 3.04. The summed E-state index contributed by atoms with van der Waals surface area (Å²) in [4.78, 5) is 4.72. The van der Waals surface area contributed by atoms with Crippen molar-refractivity contribution in [3.05, 3.63) is 66.4 Å². The molecule has 0 saturated carbocycles. The van der Waals surface area contributed by atoms with Crippen LogP contribution in [-0.4, -0.2) is 16.5 Å². The number of fused-ring (bicyclic) bond motifs is 3. The minimum Gasteiger partial charge on any atom is -0.494 e. The largest absolute Gasteiger partial charge is 0.494 e. The lowest BCUT2D eigenvalue weighted by Crippen LogP contribution is -1.97. The number of ether oxygens (including phenoxy) is 1. The number of benzene rings is 2. The van der Waals surface area contributed by atoms with Crippen LogP contribution in [0.1, 0.15) is 5.69 Å². The van der Waals surface area contributed by atoms with Gasteiger partial charge in [0, 0.05) is 6.07 Å². The van der Waals surface area contributed by atoms with Crippen molar-refractivity contribution in [1.29, 1.82) is 0 Å². The molecular weight excluding hydrogens is 272 g/mol. The van der Waals surface area contributed by atoms with Gasteiger partial charge < -0.3 is 9.14 Å². The van der Waals surface area contributed by atoms with Crippen molar-refractivity contribution in [1.82, 2.24) is 9.38 Å². The summed E-state index contributed by atoms with van der Waals surface area (Å²) in [5.74, 6) is 0.856. The van der Waals surface area contributed by atoms with Crippen LogP contribution in [0.15, 0.2) is 60.7 Å². The molecule has 22 heavy (non-hydrogen) atoms. The standard InChI is InChI=1S/C19H16N2O/c1-13-19-18(22-2)12-17(14-8-4-3-5-9-14)21(19)16-11-7-6-10-15(16)20-13/h3-12H,1-2H3. The fraction of sp³-hybridized carbons (Fsp3) is 0.105. The van der Waals surface area contributed by atoms with Crippen molar-refractivity contribution in [2.24, 2.45) is 0 Å². The first kappa shape index (κ1) is 12.9. The average Bonchev–Trinajstić information content (AvgIpc) is 2.96. The van der Waals surface area contributed by atoms with Gasteiger partial charge in [-0.05, 0) is 24.6 Å². The Morgan fingerprint density at radius 2 is 1.68 bits per heavy atom. The highest BCUT2D eigenvalue weighted by molar-refractivity contribution is 5.87. The van der Waals surface area contributed by atoms with E-state index in [1.807, 2.05) is 31.2 Å². The molecule has 0 aliphatic carbocycles. The molecule has 0 radical (unpaired) electrons. The van der Waals surface area contributed by atoms with E-state index in [0.717, 1.165) is 39.3 Å². The van der Waals surface area contributed by atoms with Crippen LogP contribution in [0.2, 0.25) is 0 Å². The third-order valence-corrected chi connectivity index (χ3v) is 4.01. The van der Waals surface area contributed by atoms with Gasteiger partial charge in [0.05, 0.1) is 29.5 Å². The molecular formula is C19H16N2O. The molecule has 3 heteroatoms. The summed E-state index contributed by atoms with van der Waals surface area (Å²) in [6.07, 6.45) is 0. The van der Waals surface area contributed by atoms with Crippen LogP contribution in [0, 0.1) is 6.92 Å². The van der Waals surface area contributed by atoms with Crippen LogP contribution in [0.25, 0.3) is 27.8 Å². The average molecular weight is 288 g/mol. The zero-order valence-electron chi connectivity index (χ0n) is 12.6. The number of nitrogens with zero attached hydrogens (tertiary/aromatic N) is 2. The van der Waals surface area contributed by atoms with Crippen LogP contribution in [0.4, 0.5) is 0 Å². The highest BCUT2D eigenvalue weighted by Gasteiger charge is 2.16. The van der Waals surface area contributed by atoms with Crippen molar-refractivity contribution in [3.8, 4) is 17.0 Å². The molecule has 4 rings (SSSR count). The number of rotatable bonds is 2. The number of hydrogen-bond acceptors (Lipinski definition) is 2. The molecule has 0 saturated heterocycles. The molecule has 2 aromatic carbocycles. The molecule has 2 heterocycles. The quantitative estimate of drug-likeness (QED) is 0.544. The van der Waals surface area contributed by atoms with E-state index in [1.54, 1.807) is 7.11 Å². The second kappa shape index (κ2) is 4.88. The summed E-state index contributed by atoms with van der Waals surface area (Å²) >= 11 is 0. The monoisotopic (exact) mass is 288 g/mol. The van der Waals surface area contributed by atoms with E-state index >= 15 is 0 Å². The van der Waals surface area contributed by atoms with E-state index in [4.69, 9.17) is 9.72 Å². The summed E-state index contributed by atoms with van der Waals surface area (Å²) in [6, 6.07) is 20.7. The van der Waals surface area contributed by atoms with Crippen molar-refractivity contribution < 1.29 is 4.74 Å². The van der Waals surface area contributed by atoms with Crippen LogP contribution in [-0.2, 0) is 0 Å². The first-order valence-corrected chi connectivity index (χ1v) is 7.30. The van der Waals surface area contributed by atoms with Crippen molar-refractivity contribution in [2.45, 2.75) is 6.92 Å². The van der Waals surface area contributed by atoms with Gasteiger partial charge in [0.15, 0.2) is 0 Å². The maximum atomic E-state index is 5.60. The molecule has 0 aliphatic rings. The van der Waals surface area contributed by atoms with Gasteiger partial charge >= 0.3 is 0 Å². The molecule has 0 amide bonds. The van der Waals surface area contributed by atoms with E-state index in [9.17, 15) is 0 Å². The lowest BCUT2D eigenvalue weighted by Gasteiger charge is -2.09. The molecule has 0 aliphatic heterocycles. The van der Waals surface area contributed by atoms with Crippen LogP contribution in [0.3, 0.4) is 0 Å². The highest BCUT2D eigenvalue weighted by Crippen LogP contribution is 2.35. The minimum atomic E-state index is 0.856. The molecule has 2 aromatic heterocycles. The molecule has 108 valence electrons. The van der Waals surface area contributed by atoms with E-state index in [-0.39, 0.29) is 0 Å².